The first kappa shape index (κ1) is 12.8. The quantitative estimate of drug-likeness (QED) is 0.633. The number of rotatable bonds is 5. The van der Waals surface area contributed by atoms with E-state index in [1.54, 1.807) is 11.3 Å². The number of hydrogen-bond donors (Lipinski definition) is 0. The fraction of sp³-hybridized carbons (Fsp3) is 0.333. The molecule has 0 radical (unpaired) electrons. The third kappa shape index (κ3) is 3.43. The van der Waals surface area contributed by atoms with Crippen LogP contribution in [-0.4, -0.2) is 0 Å². The van der Waals surface area contributed by atoms with Crippen LogP contribution in [0.3, 0.4) is 0 Å². The van der Waals surface area contributed by atoms with Gasteiger partial charge in [0.2, 0.25) is 0 Å². The van der Waals surface area contributed by atoms with Crippen molar-refractivity contribution in [3.8, 4) is 0 Å². The predicted molar refractivity (Wildman–Crippen MR) is 80.1 cm³/mol. The Kier molecular flexibility index (Phi) is 4.81. The standard InChI is InChI=1S/C15H17BrS/c1-2-3-5-12-7-9-13(10-8-12)15(16)14-6-4-11-17-14/h4,6-11,15H,2-3,5H2,1H3. The van der Waals surface area contributed by atoms with Gasteiger partial charge >= 0.3 is 0 Å². The van der Waals surface area contributed by atoms with Crippen molar-refractivity contribution in [1.29, 1.82) is 0 Å². The number of hydrogen-bond acceptors (Lipinski definition) is 1. The molecule has 90 valence electrons. The molecule has 0 saturated heterocycles. The second-order valence-corrected chi connectivity index (χ2v) is 6.12. The van der Waals surface area contributed by atoms with E-state index in [2.05, 4.69) is 64.6 Å². The molecule has 0 N–H and O–H groups in total. The first-order chi connectivity index (χ1) is 8.31. The van der Waals surface area contributed by atoms with Gasteiger partial charge in [-0.25, -0.2) is 0 Å². The van der Waals surface area contributed by atoms with Crippen LogP contribution in [0.4, 0.5) is 0 Å². The molecule has 1 atom stereocenters. The Hall–Kier alpha value is -0.600. The second-order valence-electron chi connectivity index (χ2n) is 4.22. The molecule has 0 bridgehead atoms. The third-order valence-corrected chi connectivity index (χ3v) is 5.15. The van der Waals surface area contributed by atoms with Gasteiger partial charge in [0.05, 0.1) is 4.83 Å². The molecule has 17 heavy (non-hydrogen) atoms. The molecule has 1 heterocycles. The van der Waals surface area contributed by atoms with Gasteiger partial charge in [-0.15, -0.1) is 11.3 Å². The zero-order valence-corrected chi connectivity index (χ0v) is 12.4. The molecule has 0 saturated carbocycles. The number of benzene rings is 1. The smallest absolute Gasteiger partial charge is 0.0738 e. The molecule has 0 spiro atoms. The first-order valence-electron chi connectivity index (χ1n) is 6.07. The van der Waals surface area contributed by atoms with Gasteiger partial charge in [-0.2, -0.15) is 0 Å². The number of aryl methyl sites for hydroxylation is 1. The molecule has 2 rings (SSSR count). The Bertz CT molecular complexity index is 430. The Labute approximate surface area is 116 Å². The number of halogens is 1. The average molecular weight is 309 g/mol. The highest BCUT2D eigenvalue weighted by Crippen LogP contribution is 2.33. The summed E-state index contributed by atoms with van der Waals surface area (Å²) in [5.74, 6) is 0. The molecule has 1 aromatic heterocycles. The summed E-state index contributed by atoms with van der Waals surface area (Å²) in [6.45, 7) is 2.24. The van der Waals surface area contributed by atoms with E-state index in [1.165, 1.54) is 35.3 Å². The van der Waals surface area contributed by atoms with Gasteiger partial charge in [-0.3, -0.25) is 0 Å². The van der Waals surface area contributed by atoms with Crippen molar-refractivity contribution in [2.24, 2.45) is 0 Å². The molecule has 0 amide bonds. The van der Waals surface area contributed by atoms with Gasteiger partial charge in [0.25, 0.3) is 0 Å². The summed E-state index contributed by atoms with van der Waals surface area (Å²) in [6.07, 6.45) is 3.74. The van der Waals surface area contributed by atoms with Crippen LogP contribution in [0.5, 0.6) is 0 Å². The molecule has 2 heteroatoms. The van der Waals surface area contributed by atoms with E-state index in [-0.39, 0.29) is 0 Å². The maximum atomic E-state index is 3.76. The summed E-state index contributed by atoms with van der Waals surface area (Å²) in [5.41, 5.74) is 2.79. The van der Waals surface area contributed by atoms with E-state index < -0.39 is 0 Å². The lowest BCUT2D eigenvalue weighted by molar-refractivity contribution is 0.795. The summed E-state index contributed by atoms with van der Waals surface area (Å²) in [4.78, 5) is 1.70. The molecule has 0 fully saturated rings. The lowest BCUT2D eigenvalue weighted by Gasteiger charge is -2.09. The maximum Gasteiger partial charge on any atom is 0.0738 e. The largest absolute Gasteiger partial charge is 0.147 e. The monoisotopic (exact) mass is 308 g/mol. The van der Waals surface area contributed by atoms with Crippen molar-refractivity contribution >= 4 is 27.3 Å². The van der Waals surface area contributed by atoms with Crippen molar-refractivity contribution in [3.63, 3.8) is 0 Å². The summed E-state index contributed by atoms with van der Waals surface area (Å²) < 4.78 is 0. The van der Waals surface area contributed by atoms with Gasteiger partial charge < -0.3 is 0 Å². The van der Waals surface area contributed by atoms with E-state index in [9.17, 15) is 0 Å². The number of unbranched alkanes of at least 4 members (excludes halogenated alkanes) is 1. The molecule has 0 aliphatic rings. The van der Waals surface area contributed by atoms with Gasteiger partial charge in [-0.1, -0.05) is 59.6 Å². The molecule has 0 nitrogen and oxygen atoms in total. The van der Waals surface area contributed by atoms with Crippen LogP contribution in [0.2, 0.25) is 0 Å². The topological polar surface area (TPSA) is 0 Å². The van der Waals surface area contributed by atoms with Gasteiger partial charge in [0.1, 0.15) is 0 Å². The second kappa shape index (κ2) is 6.36. The minimum absolute atomic E-state index is 0.336. The lowest BCUT2D eigenvalue weighted by atomic mass is 10.0. The Morgan fingerprint density at radius 2 is 1.94 bits per heavy atom. The molecule has 1 unspecified atom stereocenters. The highest BCUT2D eigenvalue weighted by molar-refractivity contribution is 9.09. The van der Waals surface area contributed by atoms with E-state index in [0.717, 1.165) is 0 Å². The molecule has 0 aliphatic heterocycles. The normalized spacial score (nSPS) is 12.6. The summed E-state index contributed by atoms with van der Waals surface area (Å²) in [6, 6.07) is 13.3. The van der Waals surface area contributed by atoms with E-state index >= 15 is 0 Å². The fourth-order valence-corrected chi connectivity index (χ4v) is 3.34. The molecular formula is C15H17BrS. The van der Waals surface area contributed by atoms with E-state index in [1.807, 2.05) is 0 Å². The van der Waals surface area contributed by atoms with Gasteiger partial charge in [0.15, 0.2) is 0 Å². The van der Waals surface area contributed by atoms with Gasteiger partial charge in [-0.05, 0) is 35.4 Å². The molecule has 2 aromatic rings. The van der Waals surface area contributed by atoms with Crippen LogP contribution in [0.1, 0.15) is 40.6 Å². The van der Waals surface area contributed by atoms with Crippen molar-refractivity contribution < 1.29 is 0 Å². The molecule has 1 aromatic carbocycles. The van der Waals surface area contributed by atoms with Crippen LogP contribution in [0, 0.1) is 0 Å². The van der Waals surface area contributed by atoms with Crippen LogP contribution >= 0.6 is 27.3 Å². The fourth-order valence-electron chi connectivity index (χ4n) is 1.83. The SMILES string of the molecule is CCCCc1ccc(C(Br)c2cccs2)cc1. The van der Waals surface area contributed by atoms with Crippen molar-refractivity contribution in [1.82, 2.24) is 0 Å². The summed E-state index contributed by atoms with van der Waals surface area (Å²) in [5, 5.41) is 2.12. The third-order valence-electron chi connectivity index (χ3n) is 2.88. The lowest BCUT2D eigenvalue weighted by Crippen LogP contribution is -1.91. The molecule has 0 aliphatic carbocycles. The van der Waals surface area contributed by atoms with Crippen molar-refractivity contribution in [3.05, 3.63) is 57.8 Å². The van der Waals surface area contributed by atoms with Crippen molar-refractivity contribution in [2.75, 3.05) is 0 Å². The van der Waals surface area contributed by atoms with Crippen LogP contribution < -0.4 is 0 Å². The van der Waals surface area contributed by atoms with Crippen LogP contribution in [0.25, 0.3) is 0 Å². The first-order valence-corrected chi connectivity index (χ1v) is 7.87. The highest BCUT2D eigenvalue weighted by atomic mass is 79.9. The van der Waals surface area contributed by atoms with Crippen LogP contribution in [-0.2, 0) is 6.42 Å². The average Bonchev–Trinajstić information content (AvgIpc) is 2.90. The number of thiophene rings is 1. The summed E-state index contributed by atoms with van der Waals surface area (Å²) >= 11 is 5.56. The predicted octanol–water partition coefficient (Wildman–Crippen LogP) is 5.58. The van der Waals surface area contributed by atoms with Crippen LogP contribution in [0.15, 0.2) is 41.8 Å². The van der Waals surface area contributed by atoms with E-state index in [0.29, 0.717) is 4.83 Å². The van der Waals surface area contributed by atoms with Gasteiger partial charge in [0, 0.05) is 4.88 Å². The Balaban J connectivity index is 2.07. The minimum atomic E-state index is 0.336. The zero-order chi connectivity index (χ0) is 12.1. The van der Waals surface area contributed by atoms with Crippen molar-refractivity contribution in [2.45, 2.75) is 31.0 Å². The Morgan fingerprint density at radius 3 is 2.53 bits per heavy atom. The molecular weight excluding hydrogens is 292 g/mol. The minimum Gasteiger partial charge on any atom is -0.147 e. The Morgan fingerprint density at radius 1 is 1.18 bits per heavy atom. The highest BCUT2D eigenvalue weighted by Gasteiger charge is 2.10. The number of alkyl halides is 1. The van der Waals surface area contributed by atoms with E-state index in [4.69, 9.17) is 0 Å². The summed E-state index contributed by atoms with van der Waals surface area (Å²) in [7, 11) is 0. The maximum absolute atomic E-state index is 3.76. The zero-order valence-electron chi connectivity index (χ0n) is 10.0.